The molecule has 0 bridgehead atoms. The number of carbonyl (C=O) groups is 3. The smallest absolute Gasteiger partial charge is 0.326 e. The first kappa shape index (κ1) is 20.7. The van der Waals surface area contributed by atoms with E-state index in [2.05, 4.69) is 12.2 Å². The fourth-order valence-corrected chi connectivity index (χ4v) is 3.23. The van der Waals surface area contributed by atoms with Crippen LogP contribution in [0.4, 0.5) is 0 Å². The summed E-state index contributed by atoms with van der Waals surface area (Å²) >= 11 is 0. The summed E-state index contributed by atoms with van der Waals surface area (Å²) in [6.07, 6.45) is 3.11. The Hall–Kier alpha value is -2.57. The van der Waals surface area contributed by atoms with E-state index in [1.807, 2.05) is 4.90 Å². The quantitative estimate of drug-likeness (QED) is 0.737. The molecule has 0 saturated carbocycles. The molecule has 1 fully saturated rings. The predicted molar refractivity (Wildman–Crippen MR) is 101 cm³/mol. The second kappa shape index (κ2) is 9.94. The third-order valence-electron chi connectivity index (χ3n) is 4.78. The predicted octanol–water partition coefficient (Wildman–Crippen LogP) is 2.15. The number of likely N-dealkylation sites (tertiary alicyclic amines) is 1. The minimum Gasteiger partial charge on any atom is -0.497 e. The van der Waals surface area contributed by atoms with Crippen molar-refractivity contribution >= 4 is 17.8 Å². The van der Waals surface area contributed by atoms with Gasteiger partial charge in [-0.3, -0.25) is 14.4 Å². The molecule has 0 aliphatic carbocycles. The lowest BCUT2D eigenvalue weighted by atomic mass is 9.99. The van der Waals surface area contributed by atoms with Gasteiger partial charge in [0, 0.05) is 18.2 Å². The Morgan fingerprint density at radius 3 is 2.56 bits per heavy atom. The second-order valence-electron chi connectivity index (χ2n) is 6.63. The van der Waals surface area contributed by atoms with Crippen molar-refractivity contribution in [1.82, 2.24) is 10.2 Å². The summed E-state index contributed by atoms with van der Waals surface area (Å²) in [5.74, 6) is -0.559. The van der Waals surface area contributed by atoms with E-state index in [4.69, 9.17) is 9.47 Å². The topological polar surface area (TPSA) is 84.9 Å². The Morgan fingerprint density at radius 2 is 1.93 bits per heavy atom. The standard InChI is InChI=1S/C20H28N2O5/c1-4-16-7-5-6-12-22(16)20(25)14(2)27-18(23)13-21-19(24)15-8-10-17(26-3)11-9-15/h8-11,14,16H,4-7,12-13H2,1-3H3,(H,21,24). The minimum absolute atomic E-state index is 0.170. The summed E-state index contributed by atoms with van der Waals surface area (Å²) in [4.78, 5) is 38.5. The van der Waals surface area contributed by atoms with Crippen LogP contribution in [0.1, 0.15) is 49.9 Å². The van der Waals surface area contributed by atoms with Gasteiger partial charge in [0.15, 0.2) is 6.10 Å². The van der Waals surface area contributed by atoms with Gasteiger partial charge in [0.2, 0.25) is 0 Å². The Bertz CT molecular complexity index is 659. The van der Waals surface area contributed by atoms with Crippen molar-refractivity contribution in [3.05, 3.63) is 29.8 Å². The van der Waals surface area contributed by atoms with Gasteiger partial charge < -0.3 is 19.7 Å². The molecule has 148 valence electrons. The number of methoxy groups -OCH3 is 1. The van der Waals surface area contributed by atoms with Gasteiger partial charge >= 0.3 is 5.97 Å². The maximum Gasteiger partial charge on any atom is 0.326 e. The highest BCUT2D eigenvalue weighted by Crippen LogP contribution is 2.20. The monoisotopic (exact) mass is 376 g/mol. The van der Waals surface area contributed by atoms with Crippen molar-refractivity contribution < 1.29 is 23.9 Å². The molecule has 0 aromatic heterocycles. The number of nitrogens with one attached hydrogen (secondary N) is 1. The van der Waals surface area contributed by atoms with Crippen LogP contribution in [0.15, 0.2) is 24.3 Å². The summed E-state index contributed by atoms with van der Waals surface area (Å²) in [6, 6.07) is 6.75. The molecule has 1 aromatic rings. The van der Waals surface area contributed by atoms with Crippen LogP contribution in [0.5, 0.6) is 5.75 Å². The lowest BCUT2D eigenvalue weighted by Crippen LogP contribution is -2.48. The van der Waals surface area contributed by atoms with E-state index in [0.717, 1.165) is 25.7 Å². The SMILES string of the molecule is CCC1CCCCN1C(=O)C(C)OC(=O)CNC(=O)c1ccc(OC)cc1. The number of ether oxygens (including phenoxy) is 2. The average molecular weight is 376 g/mol. The van der Waals surface area contributed by atoms with Gasteiger partial charge in [-0.2, -0.15) is 0 Å². The van der Waals surface area contributed by atoms with Gasteiger partial charge in [-0.15, -0.1) is 0 Å². The van der Waals surface area contributed by atoms with Crippen LogP contribution < -0.4 is 10.1 Å². The van der Waals surface area contributed by atoms with Crippen molar-refractivity contribution in [2.75, 3.05) is 20.2 Å². The van der Waals surface area contributed by atoms with Gasteiger partial charge in [-0.1, -0.05) is 6.92 Å². The van der Waals surface area contributed by atoms with Gasteiger partial charge in [0.25, 0.3) is 11.8 Å². The Balaban J connectivity index is 1.81. The highest BCUT2D eigenvalue weighted by Gasteiger charge is 2.30. The molecule has 2 atom stereocenters. The van der Waals surface area contributed by atoms with Crippen LogP contribution in [-0.2, 0) is 14.3 Å². The van der Waals surface area contributed by atoms with Crippen molar-refractivity contribution in [2.45, 2.75) is 51.7 Å². The number of hydrogen-bond donors (Lipinski definition) is 1. The van der Waals surface area contributed by atoms with Crippen molar-refractivity contribution in [3.63, 3.8) is 0 Å². The molecule has 1 saturated heterocycles. The molecule has 1 aliphatic heterocycles. The third-order valence-corrected chi connectivity index (χ3v) is 4.78. The Kier molecular flexibility index (Phi) is 7.64. The van der Waals surface area contributed by atoms with E-state index >= 15 is 0 Å². The van der Waals surface area contributed by atoms with Crippen molar-refractivity contribution in [3.8, 4) is 5.75 Å². The molecule has 7 nitrogen and oxygen atoms in total. The van der Waals surface area contributed by atoms with Crippen LogP contribution in [-0.4, -0.2) is 55.0 Å². The normalized spacial score (nSPS) is 17.7. The molecule has 2 rings (SSSR count). The summed E-state index contributed by atoms with van der Waals surface area (Å²) < 4.78 is 10.3. The average Bonchev–Trinajstić information content (AvgIpc) is 2.71. The molecule has 1 aromatic carbocycles. The number of hydrogen-bond acceptors (Lipinski definition) is 5. The zero-order valence-electron chi connectivity index (χ0n) is 16.2. The minimum atomic E-state index is -0.859. The summed E-state index contributed by atoms with van der Waals surface area (Å²) in [6.45, 7) is 4.04. The van der Waals surface area contributed by atoms with Crippen LogP contribution in [0.2, 0.25) is 0 Å². The van der Waals surface area contributed by atoms with Gasteiger partial charge in [-0.05, 0) is 56.9 Å². The molecule has 0 spiro atoms. The number of benzene rings is 1. The van der Waals surface area contributed by atoms with E-state index in [1.54, 1.807) is 38.3 Å². The number of amides is 2. The Morgan fingerprint density at radius 1 is 1.22 bits per heavy atom. The first-order valence-electron chi connectivity index (χ1n) is 9.38. The molecule has 1 aliphatic rings. The van der Waals surface area contributed by atoms with E-state index < -0.39 is 18.0 Å². The highest BCUT2D eigenvalue weighted by molar-refractivity contribution is 5.96. The summed E-state index contributed by atoms with van der Waals surface area (Å²) in [5, 5.41) is 2.50. The van der Waals surface area contributed by atoms with Gasteiger partial charge in [0.05, 0.1) is 7.11 Å². The number of rotatable bonds is 7. The first-order valence-corrected chi connectivity index (χ1v) is 9.38. The van der Waals surface area contributed by atoms with Crippen molar-refractivity contribution in [2.24, 2.45) is 0 Å². The van der Waals surface area contributed by atoms with Crippen molar-refractivity contribution in [1.29, 1.82) is 0 Å². The number of piperidine rings is 1. The zero-order valence-corrected chi connectivity index (χ0v) is 16.2. The van der Waals surface area contributed by atoms with E-state index in [-0.39, 0.29) is 18.5 Å². The second-order valence-corrected chi connectivity index (χ2v) is 6.63. The molecule has 0 radical (unpaired) electrons. The molecule has 7 heteroatoms. The van der Waals surface area contributed by atoms with Crippen LogP contribution in [0.25, 0.3) is 0 Å². The third kappa shape index (κ3) is 5.70. The number of nitrogens with zero attached hydrogens (tertiary/aromatic N) is 1. The fraction of sp³-hybridized carbons (Fsp3) is 0.550. The van der Waals surface area contributed by atoms with E-state index in [0.29, 0.717) is 17.9 Å². The lowest BCUT2D eigenvalue weighted by molar-refractivity contribution is -0.160. The fourth-order valence-electron chi connectivity index (χ4n) is 3.23. The lowest BCUT2D eigenvalue weighted by Gasteiger charge is -2.36. The first-order chi connectivity index (χ1) is 13.0. The highest BCUT2D eigenvalue weighted by atomic mass is 16.5. The molecular weight excluding hydrogens is 348 g/mol. The maximum atomic E-state index is 12.6. The maximum absolute atomic E-state index is 12.6. The van der Waals surface area contributed by atoms with E-state index in [9.17, 15) is 14.4 Å². The largest absolute Gasteiger partial charge is 0.497 e. The Labute approximate surface area is 160 Å². The molecule has 1 N–H and O–H groups in total. The van der Waals surface area contributed by atoms with E-state index in [1.165, 1.54) is 0 Å². The summed E-state index contributed by atoms with van der Waals surface area (Å²) in [5.41, 5.74) is 0.409. The molecular formula is C20H28N2O5. The van der Waals surface area contributed by atoms with Crippen LogP contribution >= 0.6 is 0 Å². The number of carbonyl (C=O) groups excluding carboxylic acids is 3. The molecule has 1 heterocycles. The van der Waals surface area contributed by atoms with Crippen LogP contribution in [0.3, 0.4) is 0 Å². The zero-order chi connectivity index (χ0) is 19.8. The molecule has 2 unspecified atom stereocenters. The van der Waals surface area contributed by atoms with Gasteiger partial charge in [-0.25, -0.2) is 0 Å². The van der Waals surface area contributed by atoms with Gasteiger partial charge in [0.1, 0.15) is 12.3 Å². The number of esters is 1. The molecule has 2 amide bonds. The van der Waals surface area contributed by atoms with Crippen LogP contribution in [0, 0.1) is 0 Å². The molecule has 27 heavy (non-hydrogen) atoms. The summed E-state index contributed by atoms with van der Waals surface area (Å²) in [7, 11) is 1.54.